The van der Waals surface area contributed by atoms with Gasteiger partial charge < -0.3 is 19.7 Å². The van der Waals surface area contributed by atoms with Crippen LogP contribution in [0.5, 0.6) is 6.01 Å². The number of halogens is 1. The van der Waals surface area contributed by atoms with Crippen LogP contribution < -0.4 is 10.2 Å². The first kappa shape index (κ1) is 10.6. The molecule has 3 heterocycles. The fraction of sp³-hybridized carbons (Fsp3) is 0.556. The van der Waals surface area contributed by atoms with Crippen molar-refractivity contribution in [2.45, 2.75) is 24.5 Å². The van der Waals surface area contributed by atoms with Gasteiger partial charge in [0, 0.05) is 0 Å². The van der Waals surface area contributed by atoms with Crippen molar-refractivity contribution in [2.75, 3.05) is 6.61 Å². The Kier molecular flexibility index (Phi) is 2.18. The van der Waals surface area contributed by atoms with E-state index in [1.165, 1.54) is 4.57 Å². The van der Waals surface area contributed by atoms with Crippen molar-refractivity contribution in [3.8, 4) is 6.01 Å². The van der Waals surface area contributed by atoms with E-state index in [1.54, 1.807) is 0 Å². The fourth-order valence-corrected chi connectivity index (χ4v) is 2.06. The van der Waals surface area contributed by atoms with Crippen LogP contribution in [0, 0.1) is 11.2 Å². The molecule has 1 saturated heterocycles. The average molecular weight is 243 g/mol. The molecule has 0 amide bonds. The van der Waals surface area contributed by atoms with Gasteiger partial charge in [0.1, 0.15) is 12.2 Å². The molecule has 0 unspecified atom stereocenters. The third-order valence-corrected chi connectivity index (χ3v) is 2.92. The average Bonchev–Trinajstić information content (AvgIpc) is 2.78. The molecule has 1 fully saturated rings. The first-order valence-electron chi connectivity index (χ1n) is 5.06. The molecule has 1 aromatic heterocycles. The molecule has 0 aliphatic carbocycles. The van der Waals surface area contributed by atoms with Crippen LogP contribution in [-0.4, -0.2) is 44.7 Å². The number of fused-ring (bicyclic) bond motifs is 3. The lowest BCUT2D eigenvalue weighted by Gasteiger charge is -2.14. The summed E-state index contributed by atoms with van der Waals surface area (Å²) in [5.41, 5.74) is -0.524. The highest BCUT2D eigenvalue weighted by Crippen LogP contribution is 2.38. The lowest BCUT2D eigenvalue weighted by atomic mass is 10.1. The summed E-state index contributed by atoms with van der Waals surface area (Å²) in [6.07, 6.45) is -2.18. The second kappa shape index (κ2) is 3.49. The zero-order valence-corrected chi connectivity index (χ0v) is 8.58. The maximum Gasteiger partial charge on any atom is 0.301 e. The van der Waals surface area contributed by atoms with Crippen molar-refractivity contribution in [1.82, 2.24) is 9.55 Å². The molecule has 0 bridgehead atoms. The van der Waals surface area contributed by atoms with Crippen LogP contribution in [0.25, 0.3) is 0 Å². The molecule has 2 aliphatic heterocycles. The lowest BCUT2D eigenvalue weighted by molar-refractivity contribution is -0.0437. The lowest BCUT2D eigenvalue weighted by Crippen LogP contribution is -2.34. The van der Waals surface area contributed by atoms with Gasteiger partial charge in [-0.15, -0.1) is 0 Å². The van der Waals surface area contributed by atoms with Crippen molar-refractivity contribution in [3.05, 3.63) is 17.5 Å². The van der Waals surface area contributed by atoms with Gasteiger partial charge in [-0.25, -0.2) is 4.39 Å². The Labute approximate surface area is 94.6 Å². The molecule has 4 atom stereocenters. The molecule has 0 spiro atoms. The highest BCUT2D eigenvalue weighted by molar-refractivity contribution is 5.11. The van der Waals surface area contributed by atoms with E-state index >= 15 is 0 Å². The summed E-state index contributed by atoms with van der Waals surface area (Å²) in [6.45, 7) is -0.347. The standard InChI is InChI=1S/C9H10FN3O4/c10-3-1-13-8-6(5(15)4(2-14)16-8)17-9(13)12-7(3)11/h1,4-6,8,11,14-15H,2H2/t4-,5+,6-,8-/m0/s1. The maximum atomic E-state index is 13.2. The predicted octanol–water partition coefficient (Wildman–Crippen LogP) is -1.49. The van der Waals surface area contributed by atoms with E-state index in [-0.39, 0.29) is 12.6 Å². The Hall–Kier alpha value is -1.51. The predicted molar refractivity (Wildman–Crippen MR) is 49.5 cm³/mol. The Morgan fingerprint density at radius 2 is 2.35 bits per heavy atom. The molecule has 3 rings (SSSR count). The SMILES string of the molecule is N=c1nc2n(cc1F)[C@H]1O[C@@H](CO)[C@@H](O)[C@@H]1O2. The van der Waals surface area contributed by atoms with Gasteiger partial charge in [-0.1, -0.05) is 0 Å². The first-order valence-corrected chi connectivity index (χ1v) is 5.06. The van der Waals surface area contributed by atoms with E-state index in [1.807, 2.05) is 0 Å². The van der Waals surface area contributed by atoms with Crippen molar-refractivity contribution in [3.63, 3.8) is 0 Å². The molecule has 0 radical (unpaired) electrons. The molecule has 0 saturated carbocycles. The minimum absolute atomic E-state index is 0.0295. The van der Waals surface area contributed by atoms with Crippen LogP contribution >= 0.6 is 0 Å². The topological polar surface area (TPSA) is 101 Å². The van der Waals surface area contributed by atoms with Crippen molar-refractivity contribution in [2.24, 2.45) is 0 Å². The van der Waals surface area contributed by atoms with E-state index in [0.717, 1.165) is 6.20 Å². The van der Waals surface area contributed by atoms with E-state index in [2.05, 4.69) is 4.98 Å². The number of hydrogen-bond donors (Lipinski definition) is 3. The summed E-state index contributed by atoms with van der Waals surface area (Å²) >= 11 is 0. The van der Waals surface area contributed by atoms with Crippen LogP contribution in [0.3, 0.4) is 0 Å². The quantitative estimate of drug-likeness (QED) is 0.558. The maximum absolute atomic E-state index is 13.2. The van der Waals surface area contributed by atoms with Gasteiger partial charge in [0.2, 0.25) is 0 Å². The third-order valence-electron chi connectivity index (χ3n) is 2.92. The van der Waals surface area contributed by atoms with E-state index in [0.29, 0.717) is 0 Å². The Bertz CT molecular complexity index is 519. The van der Waals surface area contributed by atoms with Crippen LogP contribution in [0.15, 0.2) is 6.20 Å². The molecule has 0 aromatic carbocycles. The van der Waals surface area contributed by atoms with Gasteiger partial charge in [-0.3, -0.25) is 9.98 Å². The van der Waals surface area contributed by atoms with Crippen molar-refractivity contribution >= 4 is 0 Å². The van der Waals surface area contributed by atoms with Gasteiger partial charge in [0.15, 0.2) is 23.6 Å². The minimum Gasteiger partial charge on any atom is -0.454 e. The van der Waals surface area contributed by atoms with Crippen LogP contribution in [0.2, 0.25) is 0 Å². The highest BCUT2D eigenvalue weighted by atomic mass is 19.1. The summed E-state index contributed by atoms with van der Waals surface area (Å²) in [7, 11) is 0. The second-order valence-electron chi connectivity index (χ2n) is 3.95. The van der Waals surface area contributed by atoms with E-state index < -0.39 is 35.8 Å². The number of nitrogens with zero attached hydrogens (tertiary/aromatic N) is 2. The molecule has 92 valence electrons. The zero-order chi connectivity index (χ0) is 12.2. The molecule has 1 aromatic rings. The molecule has 7 nitrogen and oxygen atoms in total. The summed E-state index contributed by atoms with van der Waals surface area (Å²) in [6, 6.07) is 0.0295. The smallest absolute Gasteiger partial charge is 0.301 e. The van der Waals surface area contributed by atoms with Crippen molar-refractivity contribution < 1.29 is 24.1 Å². The number of aliphatic hydroxyl groups is 2. The molecular weight excluding hydrogens is 233 g/mol. The molecule has 2 aliphatic rings. The van der Waals surface area contributed by atoms with Gasteiger partial charge in [-0.2, -0.15) is 4.98 Å². The van der Waals surface area contributed by atoms with Crippen molar-refractivity contribution in [1.29, 1.82) is 5.41 Å². The molecule has 17 heavy (non-hydrogen) atoms. The van der Waals surface area contributed by atoms with Gasteiger partial charge in [0.05, 0.1) is 12.8 Å². The Balaban J connectivity index is 2.02. The zero-order valence-electron chi connectivity index (χ0n) is 8.58. The Morgan fingerprint density at radius 1 is 1.59 bits per heavy atom. The number of ether oxygens (including phenoxy) is 2. The summed E-state index contributed by atoms with van der Waals surface area (Å²) in [5.74, 6) is -0.802. The number of aliphatic hydroxyl groups excluding tert-OH is 2. The molecular formula is C9H10FN3O4. The first-order chi connectivity index (χ1) is 8.11. The Morgan fingerprint density at radius 3 is 3.06 bits per heavy atom. The number of aromatic nitrogens is 2. The monoisotopic (exact) mass is 243 g/mol. The number of nitrogens with one attached hydrogen (secondary N) is 1. The minimum atomic E-state index is -1.01. The summed E-state index contributed by atoms with van der Waals surface area (Å²) in [5, 5.41) is 25.9. The van der Waals surface area contributed by atoms with Gasteiger partial charge in [0.25, 0.3) is 0 Å². The summed E-state index contributed by atoms with van der Waals surface area (Å²) in [4.78, 5) is 3.60. The van der Waals surface area contributed by atoms with Crippen LogP contribution in [0.4, 0.5) is 4.39 Å². The third kappa shape index (κ3) is 1.38. The molecule has 8 heteroatoms. The number of rotatable bonds is 1. The number of hydrogen-bond acceptors (Lipinski definition) is 6. The van der Waals surface area contributed by atoms with Gasteiger partial charge in [-0.05, 0) is 0 Å². The highest BCUT2D eigenvalue weighted by Gasteiger charge is 2.51. The largest absolute Gasteiger partial charge is 0.454 e. The van der Waals surface area contributed by atoms with E-state index in [4.69, 9.17) is 20.0 Å². The van der Waals surface area contributed by atoms with Gasteiger partial charge >= 0.3 is 6.01 Å². The van der Waals surface area contributed by atoms with Crippen LogP contribution in [-0.2, 0) is 4.74 Å². The normalized spacial score (nSPS) is 34.3. The second-order valence-corrected chi connectivity index (χ2v) is 3.95. The summed E-state index contributed by atoms with van der Waals surface area (Å²) < 4.78 is 25.1. The van der Waals surface area contributed by atoms with Crippen LogP contribution in [0.1, 0.15) is 6.23 Å². The van der Waals surface area contributed by atoms with E-state index in [9.17, 15) is 9.50 Å². The molecule has 3 N–H and O–H groups in total. The fourth-order valence-electron chi connectivity index (χ4n) is 2.06.